The second-order valence-electron chi connectivity index (χ2n) is 6.80. The molecule has 8 nitrogen and oxygen atoms in total. The van der Waals surface area contributed by atoms with Crippen molar-refractivity contribution in [3.8, 4) is 23.0 Å². The van der Waals surface area contributed by atoms with Gasteiger partial charge >= 0.3 is 0 Å². The highest BCUT2D eigenvalue weighted by Gasteiger charge is 2.18. The molecular weight excluding hydrogens is 440 g/mol. The van der Waals surface area contributed by atoms with Crippen molar-refractivity contribution in [2.75, 3.05) is 11.5 Å². The van der Waals surface area contributed by atoms with Crippen LogP contribution in [0.2, 0.25) is 0 Å². The molecule has 0 unspecified atom stereocenters. The van der Waals surface area contributed by atoms with Crippen LogP contribution in [0.15, 0.2) is 107 Å². The molecule has 0 amide bonds. The van der Waals surface area contributed by atoms with Crippen LogP contribution in [0.3, 0.4) is 0 Å². The molecule has 4 aromatic rings. The van der Waals surface area contributed by atoms with Crippen LogP contribution < -0.4 is 33.2 Å². The normalized spacial score (nSPS) is 10.4. The Hall–Kier alpha value is -4.05. The Balaban J connectivity index is 0.00000193. The molecule has 0 bridgehead atoms. The minimum atomic E-state index is -3.68. The van der Waals surface area contributed by atoms with Crippen LogP contribution in [0, 0.1) is 0 Å². The summed E-state index contributed by atoms with van der Waals surface area (Å²) in [7, 11) is -3.68. The fraction of sp³-hybridized carbons (Fsp3) is 0. The first-order valence-electron chi connectivity index (χ1n) is 9.42. The van der Waals surface area contributed by atoms with E-state index in [0.717, 1.165) is 0 Å². The maximum absolute atomic E-state index is 12.9. The number of hydrogen-bond donors (Lipinski definition) is 4. The zero-order valence-corrected chi connectivity index (χ0v) is 18.7. The molecule has 0 aliphatic heterocycles. The van der Waals surface area contributed by atoms with Gasteiger partial charge in [0.1, 0.15) is 23.0 Å². The summed E-state index contributed by atoms with van der Waals surface area (Å²) in [5.74, 6) is 2.17. The van der Waals surface area contributed by atoms with Gasteiger partial charge in [-0.1, -0.05) is 12.1 Å². The average Bonchev–Trinajstić information content (AvgIpc) is 2.75. The molecule has 4 rings (SSSR count). The van der Waals surface area contributed by atoms with E-state index >= 15 is 0 Å². The quantitative estimate of drug-likeness (QED) is 0.266. The molecule has 172 valence electrons. The molecule has 0 atom stereocenters. The maximum atomic E-state index is 12.9. The van der Waals surface area contributed by atoms with E-state index in [2.05, 4.69) is 0 Å². The summed E-state index contributed by atoms with van der Waals surface area (Å²) in [5.41, 5.74) is 12.7. The van der Waals surface area contributed by atoms with E-state index in [9.17, 15) is 8.42 Å². The zero-order valence-electron chi connectivity index (χ0n) is 17.8. The topological polar surface area (TPSA) is 175 Å². The van der Waals surface area contributed by atoms with Gasteiger partial charge in [0.2, 0.25) is 9.84 Å². The first kappa shape index (κ1) is 25.2. The molecular formula is C24H26N4O4S. The van der Waals surface area contributed by atoms with E-state index in [0.29, 0.717) is 34.4 Å². The molecule has 0 aliphatic rings. The summed E-state index contributed by atoms with van der Waals surface area (Å²) in [6.07, 6.45) is 0. The van der Waals surface area contributed by atoms with Crippen molar-refractivity contribution in [3.63, 3.8) is 0 Å². The Bertz CT molecular complexity index is 1210. The van der Waals surface area contributed by atoms with Gasteiger partial charge in [-0.05, 0) is 72.8 Å². The zero-order chi connectivity index (χ0) is 21.8. The Morgan fingerprint density at radius 1 is 0.515 bits per heavy atom. The van der Waals surface area contributed by atoms with E-state index < -0.39 is 9.84 Å². The summed E-state index contributed by atoms with van der Waals surface area (Å²) in [5, 5.41) is 0. The Morgan fingerprint density at radius 2 is 0.879 bits per heavy atom. The number of anilines is 2. The second-order valence-corrected chi connectivity index (χ2v) is 8.75. The molecule has 9 heteroatoms. The van der Waals surface area contributed by atoms with Gasteiger partial charge in [0.25, 0.3) is 0 Å². The lowest BCUT2D eigenvalue weighted by Gasteiger charge is -2.10. The molecule has 4 aromatic carbocycles. The largest absolute Gasteiger partial charge is 0.457 e. The lowest BCUT2D eigenvalue weighted by Crippen LogP contribution is -2.01. The number of sulfone groups is 1. The lowest BCUT2D eigenvalue weighted by atomic mass is 10.3. The third kappa shape index (κ3) is 6.01. The summed E-state index contributed by atoms with van der Waals surface area (Å²) < 4.78 is 37.3. The molecule has 0 fully saturated rings. The van der Waals surface area contributed by atoms with Crippen molar-refractivity contribution in [3.05, 3.63) is 97.1 Å². The highest BCUT2D eigenvalue weighted by molar-refractivity contribution is 7.91. The van der Waals surface area contributed by atoms with Crippen LogP contribution in [-0.4, -0.2) is 8.42 Å². The maximum Gasteiger partial charge on any atom is 0.206 e. The van der Waals surface area contributed by atoms with Gasteiger partial charge < -0.3 is 33.2 Å². The van der Waals surface area contributed by atoms with Gasteiger partial charge in [-0.2, -0.15) is 0 Å². The van der Waals surface area contributed by atoms with Crippen molar-refractivity contribution in [2.45, 2.75) is 9.79 Å². The van der Waals surface area contributed by atoms with Crippen molar-refractivity contribution >= 4 is 21.2 Å². The molecule has 0 radical (unpaired) electrons. The summed E-state index contributed by atoms with van der Waals surface area (Å²) in [4.78, 5) is 0.328. The minimum Gasteiger partial charge on any atom is -0.457 e. The van der Waals surface area contributed by atoms with Gasteiger partial charge in [-0.25, -0.2) is 8.42 Å². The number of rotatable bonds is 6. The van der Waals surface area contributed by atoms with Crippen molar-refractivity contribution < 1.29 is 17.9 Å². The number of ether oxygens (including phenoxy) is 2. The SMILES string of the molecule is N.N.Nc1cccc(Oc2ccc(S(=O)(=O)c3ccc(Oc4cccc(N)c4)cc3)cc2)c1. The van der Waals surface area contributed by atoms with Crippen LogP contribution in [0.1, 0.15) is 0 Å². The van der Waals surface area contributed by atoms with Crippen LogP contribution >= 0.6 is 0 Å². The molecule has 33 heavy (non-hydrogen) atoms. The third-order valence-corrected chi connectivity index (χ3v) is 6.24. The van der Waals surface area contributed by atoms with Gasteiger partial charge in [-0.3, -0.25) is 0 Å². The predicted molar refractivity (Wildman–Crippen MR) is 130 cm³/mol. The Morgan fingerprint density at radius 3 is 1.21 bits per heavy atom. The van der Waals surface area contributed by atoms with Crippen LogP contribution in [0.4, 0.5) is 11.4 Å². The summed E-state index contributed by atoms with van der Waals surface area (Å²) in [6.45, 7) is 0. The fourth-order valence-corrected chi connectivity index (χ4v) is 4.20. The highest BCUT2D eigenvalue weighted by Crippen LogP contribution is 2.29. The summed E-state index contributed by atoms with van der Waals surface area (Å²) in [6, 6.07) is 26.5. The molecule has 0 saturated heterocycles. The predicted octanol–water partition coefficient (Wildman–Crippen LogP) is 5.59. The van der Waals surface area contributed by atoms with Gasteiger partial charge in [0.05, 0.1) is 9.79 Å². The molecule has 0 saturated carbocycles. The van der Waals surface area contributed by atoms with Crippen molar-refractivity contribution in [2.24, 2.45) is 0 Å². The molecule has 10 N–H and O–H groups in total. The van der Waals surface area contributed by atoms with Crippen molar-refractivity contribution in [1.29, 1.82) is 0 Å². The third-order valence-electron chi connectivity index (χ3n) is 4.46. The molecule has 0 aromatic heterocycles. The van der Waals surface area contributed by atoms with E-state index in [1.54, 1.807) is 72.8 Å². The van der Waals surface area contributed by atoms with E-state index in [1.165, 1.54) is 24.3 Å². The van der Waals surface area contributed by atoms with Gasteiger partial charge in [0, 0.05) is 23.5 Å². The second kappa shape index (κ2) is 10.5. The first-order valence-corrected chi connectivity index (χ1v) is 10.9. The Labute approximate surface area is 192 Å². The van der Waals surface area contributed by atoms with Crippen LogP contribution in [-0.2, 0) is 9.84 Å². The average molecular weight is 467 g/mol. The first-order chi connectivity index (χ1) is 14.9. The lowest BCUT2D eigenvalue weighted by molar-refractivity contribution is 0.482. The summed E-state index contributed by atoms with van der Waals surface area (Å²) >= 11 is 0. The standard InChI is InChI=1S/C24H20N2O4S.2H3N/c25-17-3-1-5-21(15-17)29-19-7-11-23(12-8-19)31(27,28)24-13-9-20(10-14-24)30-22-6-2-4-18(26)16-22;;/h1-16H,25-26H2;2*1H3. The number of benzene rings is 4. The van der Waals surface area contributed by atoms with Gasteiger partial charge in [0.15, 0.2) is 0 Å². The van der Waals surface area contributed by atoms with Crippen LogP contribution in [0.5, 0.6) is 23.0 Å². The van der Waals surface area contributed by atoms with E-state index in [1.807, 2.05) is 0 Å². The smallest absolute Gasteiger partial charge is 0.206 e. The van der Waals surface area contributed by atoms with E-state index in [-0.39, 0.29) is 22.1 Å². The fourth-order valence-electron chi connectivity index (χ4n) is 2.94. The molecule has 0 heterocycles. The van der Waals surface area contributed by atoms with Crippen molar-refractivity contribution in [1.82, 2.24) is 12.3 Å². The highest BCUT2D eigenvalue weighted by atomic mass is 32.2. The minimum absolute atomic E-state index is 0. The van der Waals surface area contributed by atoms with Crippen LogP contribution in [0.25, 0.3) is 0 Å². The number of nitrogens with two attached hydrogens (primary N) is 2. The molecule has 0 spiro atoms. The Kier molecular flexibility index (Phi) is 8.03. The number of hydrogen-bond acceptors (Lipinski definition) is 8. The monoisotopic (exact) mass is 466 g/mol. The number of nitrogen functional groups attached to an aromatic ring is 2. The van der Waals surface area contributed by atoms with E-state index in [4.69, 9.17) is 20.9 Å². The molecule has 0 aliphatic carbocycles. The van der Waals surface area contributed by atoms with Gasteiger partial charge in [-0.15, -0.1) is 0 Å².